The highest BCUT2D eigenvalue weighted by Gasteiger charge is 2.34. The molecule has 0 aliphatic carbocycles. The normalized spacial score (nSPS) is 13.1. The molecule has 0 aliphatic heterocycles. The van der Waals surface area contributed by atoms with E-state index in [1.165, 1.54) is 0 Å². The van der Waals surface area contributed by atoms with Crippen molar-refractivity contribution in [3.63, 3.8) is 0 Å². The molecule has 0 N–H and O–H groups in total. The Hall–Kier alpha value is -3.40. The molecule has 5 nitrogen and oxygen atoms in total. The molecule has 0 aliphatic rings. The number of benzene rings is 3. The van der Waals surface area contributed by atoms with Crippen molar-refractivity contribution in [1.29, 1.82) is 0 Å². The predicted molar refractivity (Wildman–Crippen MR) is 112 cm³/mol. The van der Waals surface area contributed by atoms with Gasteiger partial charge in [0.15, 0.2) is 0 Å². The molecule has 0 saturated heterocycles. The Labute approximate surface area is 180 Å². The van der Waals surface area contributed by atoms with E-state index in [1.54, 1.807) is 58.6 Å². The Morgan fingerprint density at radius 2 is 1.53 bits per heavy atom. The highest BCUT2D eigenvalue weighted by Crippen LogP contribution is 2.32. The van der Waals surface area contributed by atoms with Gasteiger partial charge in [0.1, 0.15) is 5.82 Å². The van der Waals surface area contributed by atoms with Crippen LogP contribution in [-0.2, 0) is 29.0 Å². The van der Waals surface area contributed by atoms with Crippen molar-refractivity contribution in [3.8, 4) is 5.69 Å². The second-order valence-corrected chi connectivity index (χ2v) is 8.78. The van der Waals surface area contributed by atoms with Crippen LogP contribution in [0.5, 0.6) is 0 Å². The zero-order valence-electron chi connectivity index (χ0n) is 16.7. The molecule has 1 heterocycles. The lowest BCUT2D eigenvalue weighted by Crippen LogP contribution is -2.25. The number of halogens is 4. The molecule has 3 aromatic carbocycles. The molecule has 0 atom stereocenters. The van der Waals surface area contributed by atoms with Crippen molar-refractivity contribution in [2.45, 2.75) is 11.9 Å². The van der Waals surface area contributed by atoms with Gasteiger partial charge in [-0.3, -0.25) is 4.57 Å². The van der Waals surface area contributed by atoms with E-state index in [-0.39, 0.29) is 11.2 Å². The highest BCUT2D eigenvalue weighted by molar-refractivity contribution is 7.89. The van der Waals surface area contributed by atoms with Crippen LogP contribution in [0.15, 0.2) is 77.2 Å². The summed E-state index contributed by atoms with van der Waals surface area (Å²) in [5, 5.41) is 0. The molecular formula is C22H17F4N3O2S. The number of fused-ring (bicyclic) bond motifs is 1. The minimum absolute atomic E-state index is 0.0792. The minimum atomic E-state index is -4.94. The molecule has 1 aromatic heterocycles. The Morgan fingerprint density at radius 1 is 0.906 bits per heavy atom. The third kappa shape index (κ3) is 4.18. The lowest BCUT2D eigenvalue weighted by atomic mass is 10.1. The maximum absolute atomic E-state index is 13.6. The smallest absolute Gasteiger partial charge is 0.312 e. The molecule has 0 radical (unpaired) electrons. The SMILES string of the molecule is Cn1/c(=N/S(=O)(=O)Cc2ccc(F)c(C(F)(F)F)c2)n(-c2ccccc2)c2ccccc21. The first-order valence-corrected chi connectivity index (χ1v) is 11.0. The van der Waals surface area contributed by atoms with Crippen LogP contribution in [0.25, 0.3) is 16.7 Å². The Balaban J connectivity index is 1.87. The quantitative estimate of drug-likeness (QED) is 0.417. The first-order valence-electron chi connectivity index (χ1n) is 9.43. The summed E-state index contributed by atoms with van der Waals surface area (Å²) in [7, 11) is -2.62. The van der Waals surface area contributed by atoms with Crippen LogP contribution >= 0.6 is 0 Å². The number of imidazole rings is 1. The molecule has 0 bridgehead atoms. The van der Waals surface area contributed by atoms with Crippen LogP contribution < -0.4 is 5.62 Å². The number of hydrogen-bond donors (Lipinski definition) is 0. The maximum atomic E-state index is 13.6. The molecule has 166 valence electrons. The van der Waals surface area contributed by atoms with Crippen molar-refractivity contribution >= 4 is 21.1 Å². The van der Waals surface area contributed by atoms with Gasteiger partial charge in [0.25, 0.3) is 10.0 Å². The van der Waals surface area contributed by atoms with Crippen LogP contribution in [0.3, 0.4) is 0 Å². The van der Waals surface area contributed by atoms with Crippen LogP contribution in [-0.4, -0.2) is 17.6 Å². The standard InChI is InChI=1S/C22H17F4N3O2S/c1-28-19-9-5-6-10-20(19)29(16-7-3-2-4-8-16)21(28)27-32(30,31)14-15-11-12-18(23)17(13-15)22(24,25)26/h2-13H,14H2,1H3/b27-21-. The van der Waals surface area contributed by atoms with E-state index < -0.39 is 33.3 Å². The molecule has 0 saturated carbocycles. The minimum Gasteiger partial charge on any atom is -0.312 e. The summed E-state index contributed by atoms with van der Waals surface area (Å²) in [4.78, 5) is 0. The van der Waals surface area contributed by atoms with Gasteiger partial charge < -0.3 is 4.57 Å². The van der Waals surface area contributed by atoms with Crippen LogP contribution in [0.2, 0.25) is 0 Å². The average Bonchev–Trinajstić information content (AvgIpc) is 3.00. The summed E-state index contributed by atoms with van der Waals surface area (Å²) in [6.07, 6.45) is -4.94. The summed E-state index contributed by atoms with van der Waals surface area (Å²) in [6, 6.07) is 18.3. The number of alkyl halides is 3. The van der Waals surface area contributed by atoms with Gasteiger partial charge in [-0.2, -0.15) is 13.2 Å². The van der Waals surface area contributed by atoms with E-state index in [1.807, 2.05) is 12.1 Å². The fourth-order valence-electron chi connectivity index (χ4n) is 3.48. The van der Waals surface area contributed by atoms with Gasteiger partial charge in [-0.05, 0) is 42.0 Å². The van der Waals surface area contributed by atoms with E-state index in [0.29, 0.717) is 28.9 Å². The van der Waals surface area contributed by atoms with Crippen molar-refractivity contribution in [3.05, 3.63) is 95.4 Å². The Kier molecular flexibility index (Phi) is 5.41. The number of sulfonamides is 1. The molecule has 0 spiro atoms. The second kappa shape index (κ2) is 7.94. The molecule has 0 fully saturated rings. The van der Waals surface area contributed by atoms with Crippen molar-refractivity contribution in [2.75, 3.05) is 0 Å². The third-order valence-corrected chi connectivity index (χ3v) is 6.04. The van der Waals surface area contributed by atoms with Gasteiger partial charge in [-0.25, -0.2) is 12.8 Å². The first kappa shape index (κ1) is 21.8. The predicted octanol–water partition coefficient (Wildman–Crippen LogP) is 4.56. The number of aromatic nitrogens is 2. The molecule has 0 unspecified atom stereocenters. The molecule has 32 heavy (non-hydrogen) atoms. The summed E-state index contributed by atoms with van der Waals surface area (Å²) in [6.45, 7) is 0. The van der Waals surface area contributed by atoms with Gasteiger partial charge in [0.2, 0.25) is 5.62 Å². The number of nitrogens with zero attached hydrogens (tertiary/aromatic N) is 3. The lowest BCUT2D eigenvalue weighted by molar-refractivity contribution is -0.140. The Morgan fingerprint density at radius 3 is 2.19 bits per heavy atom. The summed E-state index contributed by atoms with van der Waals surface area (Å²) >= 11 is 0. The van der Waals surface area contributed by atoms with Crippen molar-refractivity contribution in [1.82, 2.24) is 9.13 Å². The van der Waals surface area contributed by atoms with Crippen LogP contribution in [0.1, 0.15) is 11.1 Å². The fraction of sp³-hybridized carbons (Fsp3) is 0.136. The van der Waals surface area contributed by atoms with E-state index in [0.717, 1.165) is 6.07 Å². The highest BCUT2D eigenvalue weighted by atomic mass is 32.2. The van der Waals surface area contributed by atoms with Crippen LogP contribution in [0.4, 0.5) is 17.6 Å². The zero-order chi connectivity index (χ0) is 23.1. The molecule has 4 rings (SSSR count). The van der Waals surface area contributed by atoms with E-state index in [9.17, 15) is 26.0 Å². The number of para-hydroxylation sites is 3. The summed E-state index contributed by atoms with van der Waals surface area (Å²) < 4.78 is 85.5. The lowest BCUT2D eigenvalue weighted by Gasteiger charge is -2.09. The van der Waals surface area contributed by atoms with E-state index in [2.05, 4.69) is 4.40 Å². The van der Waals surface area contributed by atoms with Gasteiger partial charge in [-0.1, -0.05) is 36.4 Å². The maximum Gasteiger partial charge on any atom is 0.419 e. The monoisotopic (exact) mass is 463 g/mol. The largest absolute Gasteiger partial charge is 0.419 e. The molecule has 0 amide bonds. The van der Waals surface area contributed by atoms with Crippen molar-refractivity contribution < 1.29 is 26.0 Å². The van der Waals surface area contributed by atoms with Gasteiger partial charge in [0, 0.05) is 12.7 Å². The molecular weight excluding hydrogens is 446 g/mol. The molecule has 4 aromatic rings. The van der Waals surface area contributed by atoms with E-state index in [4.69, 9.17) is 0 Å². The van der Waals surface area contributed by atoms with Gasteiger partial charge in [-0.15, -0.1) is 4.40 Å². The Bertz CT molecular complexity index is 1470. The van der Waals surface area contributed by atoms with Crippen LogP contribution in [0, 0.1) is 5.82 Å². The average molecular weight is 463 g/mol. The second-order valence-electron chi connectivity index (χ2n) is 7.15. The molecule has 10 heteroatoms. The number of rotatable bonds is 4. The zero-order valence-corrected chi connectivity index (χ0v) is 17.5. The van der Waals surface area contributed by atoms with Crippen molar-refractivity contribution in [2.24, 2.45) is 11.4 Å². The topological polar surface area (TPSA) is 56.4 Å². The number of hydrogen-bond acceptors (Lipinski definition) is 2. The van der Waals surface area contributed by atoms with Gasteiger partial charge >= 0.3 is 6.18 Å². The third-order valence-electron chi connectivity index (χ3n) is 4.90. The summed E-state index contributed by atoms with van der Waals surface area (Å²) in [5.74, 6) is -2.28. The first-order chi connectivity index (χ1) is 15.1. The van der Waals surface area contributed by atoms with Gasteiger partial charge in [0.05, 0.1) is 22.3 Å². The van der Waals surface area contributed by atoms with E-state index >= 15 is 0 Å². The fourth-order valence-corrected chi connectivity index (χ4v) is 4.60. The summed E-state index contributed by atoms with van der Waals surface area (Å²) in [5.41, 5.74) is 0.430. The number of aryl methyl sites for hydroxylation is 1.